The molecule has 8 atom stereocenters. The molecule has 1 saturated heterocycles. The van der Waals surface area contributed by atoms with Gasteiger partial charge in [-0.15, -0.1) is 0 Å². The minimum Gasteiger partial charge on any atom is -0.462 e. The normalized spacial score (nSPS) is 43.8. The summed E-state index contributed by atoms with van der Waals surface area (Å²) in [7, 11) is 2.20. The first-order valence-corrected chi connectivity index (χ1v) is 17.6. The first-order valence-electron chi connectivity index (χ1n) is 17.6. The first-order chi connectivity index (χ1) is 19.7. The van der Waals surface area contributed by atoms with Gasteiger partial charge in [-0.25, -0.2) is 0 Å². The molecule has 42 heavy (non-hydrogen) atoms. The summed E-state index contributed by atoms with van der Waals surface area (Å²) in [5.41, 5.74) is 3.73. The third kappa shape index (κ3) is 4.60. The van der Waals surface area contributed by atoms with Gasteiger partial charge in [0, 0.05) is 38.5 Å². The number of fused-ring (bicyclic) bond motifs is 7. The lowest BCUT2D eigenvalue weighted by Gasteiger charge is -2.68. The fraction of sp³-hybridized carbons (Fsp3) is 0.892. The topological polar surface area (TPSA) is 49.9 Å². The van der Waals surface area contributed by atoms with E-state index in [1.807, 2.05) is 0 Å². The first kappa shape index (κ1) is 30.8. The summed E-state index contributed by atoms with van der Waals surface area (Å²) in [5.74, 6) is 3.52. The molecular weight excluding hydrogens is 520 g/mol. The molecule has 6 rings (SSSR count). The number of hydrogen-bond acceptors (Lipinski definition) is 5. The Hall–Kier alpha value is -1.20. The van der Waals surface area contributed by atoms with Gasteiger partial charge in [-0.05, 0) is 112 Å². The molecule has 0 amide bonds. The van der Waals surface area contributed by atoms with Crippen molar-refractivity contribution in [2.75, 3.05) is 39.8 Å². The Balaban J connectivity index is 1.29. The van der Waals surface area contributed by atoms with Gasteiger partial charge in [0.15, 0.2) is 5.78 Å². The predicted octanol–water partition coefficient (Wildman–Crippen LogP) is 7.15. The number of piperazine rings is 1. The number of ketones is 1. The molecular formula is C37H60N2O3. The summed E-state index contributed by atoms with van der Waals surface area (Å²) < 4.78 is 5.94. The molecule has 4 saturated carbocycles. The van der Waals surface area contributed by atoms with Crippen molar-refractivity contribution in [1.29, 1.82) is 0 Å². The fourth-order valence-corrected chi connectivity index (χ4v) is 12.5. The molecule has 0 aromatic heterocycles. The summed E-state index contributed by atoms with van der Waals surface area (Å²) in [6.07, 6.45) is 11.8. The zero-order valence-corrected chi connectivity index (χ0v) is 28.2. The van der Waals surface area contributed by atoms with Crippen LogP contribution in [0.1, 0.15) is 113 Å². The molecule has 5 aliphatic carbocycles. The van der Waals surface area contributed by atoms with Crippen molar-refractivity contribution >= 4 is 11.8 Å². The highest BCUT2D eigenvalue weighted by Crippen LogP contribution is 2.73. The van der Waals surface area contributed by atoms with E-state index < -0.39 is 0 Å². The molecule has 0 aromatic carbocycles. The van der Waals surface area contributed by atoms with Crippen molar-refractivity contribution in [3.05, 3.63) is 11.1 Å². The van der Waals surface area contributed by atoms with E-state index >= 15 is 0 Å². The number of carbonyl (C=O) groups excluding carboxylic acids is 2. The highest BCUT2D eigenvalue weighted by molar-refractivity contribution is 5.91. The van der Waals surface area contributed by atoms with Crippen molar-refractivity contribution < 1.29 is 14.3 Å². The summed E-state index contributed by atoms with van der Waals surface area (Å²) >= 11 is 0. The van der Waals surface area contributed by atoms with E-state index in [1.165, 1.54) is 38.5 Å². The number of allylic oxidation sites excluding steroid dienone is 2. The summed E-state index contributed by atoms with van der Waals surface area (Å²) in [6.45, 7) is 21.2. The van der Waals surface area contributed by atoms with Crippen LogP contribution in [-0.4, -0.2) is 67.4 Å². The van der Waals surface area contributed by atoms with Crippen LogP contribution in [0.25, 0.3) is 0 Å². The van der Waals surface area contributed by atoms with Crippen LogP contribution in [-0.2, 0) is 14.3 Å². The van der Waals surface area contributed by atoms with E-state index in [0.717, 1.165) is 51.9 Å². The maximum Gasteiger partial charge on any atom is 0.302 e. The number of hydrogen-bond donors (Lipinski definition) is 0. The van der Waals surface area contributed by atoms with Crippen LogP contribution in [0, 0.1) is 51.2 Å². The molecule has 0 bridgehead atoms. The monoisotopic (exact) mass is 580 g/mol. The number of likely N-dealkylation sites (N-methyl/N-ethyl adjacent to an activating group) is 1. The molecule has 236 valence electrons. The van der Waals surface area contributed by atoms with Gasteiger partial charge < -0.3 is 9.64 Å². The second kappa shape index (κ2) is 10.7. The van der Waals surface area contributed by atoms with Gasteiger partial charge in [0.1, 0.15) is 6.10 Å². The van der Waals surface area contributed by atoms with Gasteiger partial charge >= 0.3 is 5.97 Å². The van der Waals surface area contributed by atoms with E-state index in [2.05, 4.69) is 58.4 Å². The van der Waals surface area contributed by atoms with E-state index in [4.69, 9.17) is 4.74 Å². The number of ether oxygens (including phenoxy) is 1. The third-order valence-corrected chi connectivity index (χ3v) is 14.6. The lowest BCUT2D eigenvalue weighted by Crippen LogP contribution is -2.63. The average Bonchev–Trinajstić information content (AvgIpc) is 3.33. The standard InChI is InChI=1S/C37H60N2O3/c1-24(2)26-11-17-37(31(41)23-39-21-19-38(8)20-22-39)18-12-28-27(33(26)37)9-10-30-35(28,6)15-13-29-34(4,5)32(42-25(3)40)14-16-36(29,30)7/h24,27-30,32H,9-23H2,1-8H3/t27-,28?,29+,30-,32-,35-,36-,37+/m0/s1. The zero-order valence-electron chi connectivity index (χ0n) is 28.2. The molecule has 1 aliphatic heterocycles. The quantitative estimate of drug-likeness (QED) is 0.255. The van der Waals surface area contributed by atoms with E-state index in [-0.39, 0.29) is 28.3 Å². The van der Waals surface area contributed by atoms with Crippen LogP contribution < -0.4 is 0 Å². The van der Waals surface area contributed by atoms with Crippen LogP contribution in [0.15, 0.2) is 11.1 Å². The van der Waals surface area contributed by atoms with Crippen molar-refractivity contribution in [1.82, 2.24) is 9.80 Å². The Morgan fingerprint density at radius 3 is 2.21 bits per heavy atom. The highest BCUT2D eigenvalue weighted by atomic mass is 16.5. The number of Topliss-reactive ketones (excluding diaryl/α,β-unsaturated/α-hetero) is 1. The van der Waals surface area contributed by atoms with Crippen molar-refractivity contribution in [2.24, 2.45) is 51.2 Å². The Bertz CT molecular complexity index is 1120. The molecule has 5 fully saturated rings. The largest absolute Gasteiger partial charge is 0.462 e. The lowest BCUT2D eigenvalue weighted by atomic mass is 9.36. The van der Waals surface area contributed by atoms with Gasteiger partial charge in [0.2, 0.25) is 0 Å². The Morgan fingerprint density at radius 1 is 0.857 bits per heavy atom. The van der Waals surface area contributed by atoms with Gasteiger partial charge in [0.25, 0.3) is 0 Å². The molecule has 1 heterocycles. The Labute approximate surface area is 256 Å². The highest BCUT2D eigenvalue weighted by Gasteiger charge is 2.66. The van der Waals surface area contributed by atoms with E-state index in [9.17, 15) is 9.59 Å². The fourth-order valence-electron chi connectivity index (χ4n) is 12.5. The molecule has 1 unspecified atom stereocenters. The Morgan fingerprint density at radius 2 is 1.55 bits per heavy atom. The van der Waals surface area contributed by atoms with Gasteiger partial charge in [-0.3, -0.25) is 14.5 Å². The Kier molecular flexibility index (Phi) is 7.86. The van der Waals surface area contributed by atoms with E-state index in [1.54, 1.807) is 18.1 Å². The summed E-state index contributed by atoms with van der Waals surface area (Å²) in [4.78, 5) is 31.3. The minimum atomic E-state index is -0.196. The molecule has 0 N–H and O–H groups in total. The molecule has 0 radical (unpaired) electrons. The molecule has 5 heteroatoms. The second-order valence-corrected chi connectivity index (χ2v) is 17.1. The molecule has 5 nitrogen and oxygen atoms in total. The van der Waals surface area contributed by atoms with Crippen molar-refractivity contribution in [3.63, 3.8) is 0 Å². The maximum absolute atomic E-state index is 14.4. The van der Waals surface area contributed by atoms with E-state index in [0.29, 0.717) is 47.3 Å². The zero-order chi connectivity index (χ0) is 30.2. The number of nitrogens with zero attached hydrogens (tertiary/aromatic N) is 2. The summed E-state index contributed by atoms with van der Waals surface area (Å²) in [5, 5.41) is 0. The predicted molar refractivity (Wildman–Crippen MR) is 169 cm³/mol. The van der Waals surface area contributed by atoms with Crippen molar-refractivity contribution in [3.8, 4) is 0 Å². The smallest absolute Gasteiger partial charge is 0.302 e. The number of rotatable bonds is 5. The minimum absolute atomic E-state index is 0.00698. The molecule has 0 spiro atoms. The second-order valence-electron chi connectivity index (χ2n) is 17.1. The molecule has 0 aromatic rings. The van der Waals surface area contributed by atoms with Gasteiger partial charge in [0.05, 0.1) is 12.0 Å². The number of carbonyl (C=O) groups is 2. The van der Waals surface area contributed by atoms with Crippen molar-refractivity contribution in [2.45, 2.75) is 119 Å². The maximum atomic E-state index is 14.4. The van der Waals surface area contributed by atoms with Crippen LogP contribution in [0.5, 0.6) is 0 Å². The third-order valence-electron chi connectivity index (χ3n) is 14.6. The SMILES string of the molecule is CC(=O)O[C@H]1CC[C@@]2(C)[C@H](CC[C@@]3(C)C4CC[C@@]5(C(=O)CN6CCN(C)CC6)CCC(C(C)C)=C5[C@H]4CC[C@H]23)C1(C)C. The van der Waals surface area contributed by atoms with Crippen LogP contribution in [0.2, 0.25) is 0 Å². The molecule has 6 aliphatic rings. The van der Waals surface area contributed by atoms with Crippen LogP contribution in [0.3, 0.4) is 0 Å². The van der Waals surface area contributed by atoms with Gasteiger partial charge in [-0.2, -0.15) is 0 Å². The van der Waals surface area contributed by atoms with Gasteiger partial charge in [-0.1, -0.05) is 52.7 Å². The number of esters is 1. The average molecular weight is 581 g/mol. The van der Waals surface area contributed by atoms with Crippen LogP contribution in [0.4, 0.5) is 0 Å². The summed E-state index contributed by atoms with van der Waals surface area (Å²) in [6, 6.07) is 0. The lowest BCUT2D eigenvalue weighted by molar-refractivity contribution is -0.212. The van der Waals surface area contributed by atoms with Crippen LogP contribution >= 0.6 is 0 Å².